The first kappa shape index (κ1) is 12.1. The third-order valence-electron chi connectivity index (χ3n) is 4.16. The number of hydrogen-bond acceptors (Lipinski definition) is 4. The van der Waals surface area contributed by atoms with Crippen LogP contribution in [0.5, 0.6) is 0 Å². The largest absolute Gasteiger partial charge is 0.370 e. The molecule has 1 aromatic rings. The van der Waals surface area contributed by atoms with Gasteiger partial charge in [-0.2, -0.15) is 10.2 Å². The molecule has 18 heavy (non-hydrogen) atoms. The molecule has 2 fully saturated rings. The fourth-order valence-corrected chi connectivity index (χ4v) is 3.22. The van der Waals surface area contributed by atoms with Crippen molar-refractivity contribution in [3.63, 3.8) is 0 Å². The van der Waals surface area contributed by atoms with Gasteiger partial charge in [0.25, 0.3) is 0 Å². The quantitative estimate of drug-likeness (QED) is 0.884. The first-order valence-electron chi connectivity index (χ1n) is 7.01. The molecule has 4 nitrogen and oxygen atoms in total. The summed E-state index contributed by atoms with van der Waals surface area (Å²) in [6, 6.07) is 3.91. The van der Waals surface area contributed by atoms with Crippen molar-refractivity contribution in [2.24, 2.45) is 0 Å². The molecule has 98 valence electrons. The number of aromatic nitrogens is 2. The van der Waals surface area contributed by atoms with Crippen LogP contribution in [0.4, 0.5) is 0 Å². The van der Waals surface area contributed by atoms with Crippen LogP contribution >= 0.6 is 0 Å². The lowest BCUT2D eigenvalue weighted by Crippen LogP contribution is -2.31. The van der Waals surface area contributed by atoms with Gasteiger partial charge < -0.3 is 10.1 Å². The second kappa shape index (κ2) is 5.33. The predicted molar refractivity (Wildman–Crippen MR) is 69.0 cm³/mol. The average Bonchev–Trinajstić information content (AvgIpc) is 3.02. The molecular weight excluding hydrogens is 226 g/mol. The molecule has 1 aliphatic carbocycles. The van der Waals surface area contributed by atoms with E-state index in [2.05, 4.69) is 15.5 Å². The normalized spacial score (nSPS) is 25.9. The van der Waals surface area contributed by atoms with Crippen molar-refractivity contribution >= 4 is 0 Å². The van der Waals surface area contributed by atoms with Crippen LogP contribution in [0.1, 0.15) is 44.2 Å². The van der Waals surface area contributed by atoms with Crippen LogP contribution < -0.4 is 5.32 Å². The highest BCUT2D eigenvalue weighted by Gasteiger charge is 2.41. The third kappa shape index (κ3) is 2.70. The van der Waals surface area contributed by atoms with Crippen LogP contribution in [-0.4, -0.2) is 28.4 Å². The fraction of sp³-hybridized carbons (Fsp3) is 0.714. The molecule has 0 radical (unpaired) electrons. The van der Waals surface area contributed by atoms with Gasteiger partial charge in [-0.25, -0.2) is 0 Å². The molecule has 3 rings (SSSR count). The number of nitrogens with zero attached hydrogens (tertiary/aromatic N) is 2. The molecule has 2 aliphatic rings. The SMILES string of the molecule is c1cnnc(CNCC2CCC3(CCCC3)O2)c1. The third-order valence-corrected chi connectivity index (χ3v) is 4.16. The van der Waals surface area contributed by atoms with E-state index < -0.39 is 0 Å². The summed E-state index contributed by atoms with van der Waals surface area (Å²) in [5, 5.41) is 11.4. The highest BCUT2D eigenvalue weighted by molar-refractivity contribution is 4.99. The topological polar surface area (TPSA) is 47.0 Å². The van der Waals surface area contributed by atoms with Crippen LogP contribution in [0.15, 0.2) is 18.3 Å². The van der Waals surface area contributed by atoms with Crippen molar-refractivity contribution < 1.29 is 4.74 Å². The van der Waals surface area contributed by atoms with E-state index in [4.69, 9.17) is 4.74 Å². The lowest BCUT2D eigenvalue weighted by molar-refractivity contribution is -0.0352. The van der Waals surface area contributed by atoms with E-state index in [-0.39, 0.29) is 5.60 Å². The summed E-state index contributed by atoms with van der Waals surface area (Å²) in [6.07, 6.45) is 9.78. The van der Waals surface area contributed by atoms with E-state index in [9.17, 15) is 0 Å². The zero-order chi connectivity index (χ0) is 12.3. The van der Waals surface area contributed by atoms with E-state index in [1.54, 1.807) is 6.20 Å². The smallest absolute Gasteiger partial charge is 0.0768 e. The summed E-state index contributed by atoms with van der Waals surface area (Å²) in [4.78, 5) is 0. The standard InChI is InChI=1S/C14H21N3O/c1-2-7-14(6-1)8-5-13(18-14)11-15-10-12-4-3-9-16-17-12/h3-4,9,13,15H,1-2,5-8,10-11H2. The molecule has 4 heteroatoms. The molecule has 1 N–H and O–H groups in total. The van der Waals surface area contributed by atoms with Crippen molar-refractivity contribution in [2.45, 2.75) is 56.8 Å². The molecule has 0 amide bonds. The van der Waals surface area contributed by atoms with Gasteiger partial charge in [0.1, 0.15) is 0 Å². The molecule has 2 heterocycles. The highest BCUT2D eigenvalue weighted by Crippen LogP contribution is 2.43. The number of nitrogens with one attached hydrogen (secondary N) is 1. The zero-order valence-corrected chi connectivity index (χ0v) is 10.8. The molecule has 1 saturated carbocycles. The zero-order valence-electron chi connectivity index (χ0n) is 10.8. The first-order chi connectivity index (χ1) is 8.86. The monoisotopic (exact) mass is 247 g/mol. The van der Waals surface area contributed by atoms with E-state index in [0.29, 0.717) is 6.10 Å². The van der Waals surface area contributed by atoms with Crippen molar-refractivity contribution in [1.82, 2.24) is 15.5 Å². The minimum absolute atomic E-state index is 0.249. The lowest BCUT2D eigenvalue weighted by Gasteiger charge is -2.23. The summed E-state index contributed by atoms with van der Waals surface area (Å²) >= 11 is 0. The van der Waals surface area contributed by atoms with Crippen molar-refractivity contribution in [3.05, 3.63) is 24.0 Å². The minimum atomic E-state index is 0.249. The van der Waals surface area contributed by atoms with Gasteiger partial charge in [0.05, 0.1) is 17.4 Å². The number of hydrogen-bond donors (Lipinski definition) is 1. The average molecular weight is 247 g/mol. The van der Waals surface area contributed by atoms with Gasteiger partial charge in [-0.15, -0.1) is 0 Å². The highest BCUT2D eigenvalue weighted by atomic mass is 16.5. The maximum Gasteiger partial charge on any atom is 0.0768 e. The van der Waals surface area contributed by atoms with Gasteiger partial charge in [0.15, 0.2) is 0 Å². The van der Waals surface area contributed by atoms with E-state index in [1.807, 2.05) is 12.1 Å². The molecule has 1 atom stereocenters. The van der Waals surface area contributed by atoms with Crippen LogP contribution in [0.3, 0.4) is 0 Å². The summed E-state index contributed by atoms with van der Waals surface area (Å²) in [5.74, 6) is 0. The molecule has 1 unspecified atom stereocenters. The second-order valence-corrected chi connectivity index (χ2v) is 5.51. The second-order valence-electron chi connectivity index (χ2n) is 5.51. The Morgan fingerprint density at radius 3 is 3.00 bits per heavy atom. The Hall–Kier alpha value is -1.00. The van der Waals surface area contributed by atoms with Crippen molar-refractivity contribution in [3.8, 4) is 0 Å². The molecule has 1 aromatic heterocycles. The Kier molecular flexibility index (Phi) is 3.57. The van der Waals surface area contributed by atoms with Gasteiger partial charge in [0, 0.05) is 19.3 Å². The summed E-state index contributed by atoms with van der Waals surface area (Å²) in [7, 11) is 0. The molecule has 0 bridgehead atoms. The molecule has 0 aromatic carbocycles. The van der Waals surface area contributed by atoms with Gasteiger partial charge in [-0.05, 0) is 37.8 Å². The van der Waals surface area contributed by atoms with E-state index >= 15 is 0 Å². The molecular formula is C14H21N3O. The Balaban J connectivity index is 1.42. The van der Waals surface area contributed by atoms with E-state index in [0.717, 1.165) is 18.8 Å². The fourth-order valence-electron chi connectivity index (χ4n) is 3.22. The van der Waals surface area contributed by atoms with Crippen LogP contribution in [0, 0.1) is 0 Å². The maximum absolute atomic E-state index is 6.25. The summed E-state index contributed by atoms with van der Waals surface area (Å²) in [5.41, 5.74) is 1.24. The molecule has 1 saturated heterocycles. The Labute approximate surface area is 108 Å². The van der Waals surface area contributed by atoms with Crippen LogP contribution in [-0.2, 0) is 11.3 Å². The predicted octanol–water partition coefficient (Wildman–Crippen LogP) is 2.06. The van der Waals surface area contributed by atoms with E-state index in [1.165, 1.54) is 38.5 Å². The van der Waals surface area contributed by atoms with Gasteiger partial charge in [-0.3, -0.25) is 0 Å². The molecule has 1 aliphatic heterocycles. The molecule has 1 spiro atoms. The van der Waals surface area contributed by atoms with Gasteiger partial charge >= 0.3 is 0 Å². The minimum Gasteiger partial charge on any atom is -0.370 e. The Bertz CT molecular complexity index is 376. The van der Waals surface area contributed by atoms with Crippen LogP contribution in [0.25, 0.3) is 0 Å². The number of ether oxygens (including phenoxy) is 1. The first-order valence-corrected chi connectivity index (χ1v) is 7.01. The van der Waals surface area contributed by atoms with Crippen LogP contribution in [0.2, 0.25) is 0 Å². The van der Waals surface area contributed by atoms with Gasteiger partial charge in [0.2, 0.25) is 0 Å². The lowest BCUT2D eigenvalue weighted by atomic mass is 9.98. The summed E-state index contributed by atoms with van der Waals surface area (Å²) < 4.78 is 6.25. The van der Waals surface area contributed by atoms with Crippen molar-refractivity contribution in [2.75, 3.05) is 6.54 Å². The van der Waals surface area contributed by atoms with Gasteiger partial charge in [-0.1, -0.05) is 12.8 Å². The Morgan fingerprint density at radius 2 is 2.22 bits per heavy atom. The maximum atomic E-state index is 6.25. The number of rotatable bonds is 4. The van der Waals surface area contributed by atoms with Crippen molar-refractivity contribution in [1.29, 1.82) is 0 Å². The summed E-state index contributed by atoms with van der Waals surface area (Å²) in [6.45, 7) is 1.71. The Morgan fingerprint density at radius 1 is 1.33 bits per heavy atom.